The van der Waals surface area contributed by atoms with Gasteiger partial charge >= 0.3 is 0 Å². The molecule has 2 N–H and O–H groups in total. The highest BCUT2D eigenvalue weighted by atomic mass is 32.2. The van der Waals surface area contributed by atoms with Crippen LogP contribution in [0.25, 0.3) is 0 Å². The van der Waals surface area contributed by atoms with Crippen LogP contribution in [0.3, 0.4) is 0 Å². The zero-order valence-corrected chi connectivity index (χ0v) is 13.8. The summed E-state index contributed by atoms with van der Waals surface area (Å²) in [6, 6.07) is 13.8. The molecule has 2 aliphatic rings. The van der Waals surface area contributed by atoms with Crippen molar-refractivity contribution < 1.29 is 9.59 Å². The second-order valence-corrected chi connectivity index (χ2v) is 7.72. The fourth-order valence-corrected chi connectivity index (χ4v) is 4.70. The van der Waals surface area contributed by atoms with Crippen LogP contribution in [-0.2, 0) is 16.0 Å². The predicted octanol–water partition coefficient (Wildman–Crippen LogP) is 3.39. The van der Waals surface area contributed by atoms with Gasteiger partial charge in [-0.1, -0.05) is 18.2 Å². The van der Waals surface area contributed by atoms with Crippen molar-refractivity contribution in [3.63, 3.8) is 0 Å². The van der Waals surface area contributed by atoms with Gasteiger partial charge < -0.3 is 10.6 Å². The molecule has 1 unspecified atom stereocenters. The van der Waals surface area contributed by atoms with Crippen molar-refractivity contribution in [1.29, 1.82) is 0 Å². The number of anilines is 2. The number of carbonyl (C=O) groups excluding carboxylic acids is 2. The van der Waals surface area contributed by atoms with Gasteiger partial charge in [-0.3, -0.25) is 9.59 Å². The third-order valence-corrected chi connectivity index (χ3v) is 6.21. The summed E-state index contributed by atoms with van der Waals surface area (Å²) in [7, 11) is 0. The van der Waals surface area contributed by atoms with Gasteiger partial charge in [-0.05, 0) is 36.2 Å². The van der Waals surface area contributed by atoms with Gasteiger partial charge in [0.1, 0.15) is 0 Å². The first-order valence-electron chi connectivity index (χ1n) is 7.31. The first kappa shape index (κ1) is 14.7. The van der Waals surface area contributed by atoms with E-state index >= 15 is 0 Å². The Morgan fingerprint density at radius 3 is 2.91 bits per heavy atom. The highest BCUT2D eigenvalue weighted by Gasteiger charge is 2.28. The maximum atomic E-state index is 12.5. The van der Waals surface area contributed by atoms with Gasteiger partial charge in [-0.15, -0.1) is 23.5 Å². The molecule has 4 rings (SSSR count). The fourth-order valence-electron chi connectivity index (χ4n) is 2.71. The molecular weight excluding hydrogens is 328 g/mol. The standard InChI is InChI=1S/C17H14N2O2S2/c20-16-9-22-14-6-5-11(8-12(14)19-16)18-17(21)15-7-10-3-1-2-4-13(10)23-15/h1-6,8,15H,7,9H2,(H,18,21)(H,19,20). The number of fused-ring (bicyclic) bond motifs is 2. The van der Waals surface area contributed by atoms with Crippen molar-refractivity contribution in [3.05, 3.63) is 48.0 Å². The highest BCUT2D eigenvalue weighted by Crippen LogP contribution is 2.38. The number of benzene rings is 2. The molecule has 23 heavy (non-hydrogen) atoms. The summed E-state index contributed by atoms with van der Waals surface area (Å²) in [5, 5.41) is 5.70. The van der Waals surface area contributed by atoms with Crippen LogP contribution in [0.2, 0.25) is 0 Å². The molecule has 6 heteroatoms. The third-order valence-electron chi connectivity index (χ3n) is 3.82. The summed E-state index contributed by atoms with van der Waals surface area (Å²) in [5.41, 5.74) is 2.71. The van der Waals surface area contributed by atoms with Crippen LogP contribution in [0.15, 0.2) is 52.3 Å². The Labute approximate surface area is 142 Å². The van der Waals surface area contributed by atoms with Crippen LogP contribution < -0.4 is 10.6 Å². The van der Waals surface area contributed by atoms with E-state index in [1.807, 2.05) is 30.3 Å². The van der Waals surface area contributed by atoms with Crippen molar-refractivity contribution >= 4 is 46.7 Å². The molecule has 2 aliphatic heterocycles. The lowest BCUT2D eigenvalue weighted by Crippen LogP contribution is -2.25. The van der Waals surface area contributed by atoms with E-state index in [1.165, 1.54) is 22.2 Å². The van der Waals surface area contributed by atoms with Crippen LogP contribution >= 0.6 is 23.5 Å². The summed E-state index contributed by atoms with van der Waals surface area (Å²) >= 11 is 3.12. The predicted molar refractivity (Wildman–Crippen MR) is 94.2 cm³/mol. The third kappa shape index (κ3) is 2.96. The zero-order chi connectivity index (χ0) is 15.8. The number of rotatable bonds is 2. The maximum absolute atomic E-state index is 12.5. The molecule has 2 aromatic rings. The molecule has 0 fully saturated rings. The van der Waals surface area contributed by atoms with Crippen molar-refractivity contribution in [2.75, 3.05) is 16.4 Å². The Hall–Kier alpha value is -1.92. The minimum Gasteiger partial charge on any atom is -0.325 e. The second kappa shape index (κ2) is 5.94. The summed E-state index contributed by atoms with van der Waals surface area (Å²) in [4.78, 5) is 26.2. The Morgan fingerprint density at radius 1 is 1.17 bits per heavy atom. The summed E-state index contributed by atoms with van der Waals surface area (Å²) < 4.78 is 0. The van der Waals surface area contributed by atoms with Crippen molar-refractivity contribution in [2.24, 2.45) is 0 Å². The topological polar surface area (TPSA) is 58.2 Å². The van der Waals surface area contributed by atoms with Gasteiger partial charge in [-0.2, -0.15) is 0 Å². The van der Waals surface area contributed by atoms with Gasteiger partial charge in [0.05, 0.1) is 16.7 Å². The molecule has 0 spiro atoms. The van der Waals surface area contributed by atoms with Crippen LogP contribution in [0.5, 0.6) is 0 Å². The number of thioether (sulfide) groups is 2. The number of amides is 2. The maximum Gasteiger partial charge on any atom is 0.238 e. The molecule has 0 saturated carbocycles. The van der Waals surface area contributed by atoms with E-state index in [2.05, 4.69) is 22.8 Å². The fraction of sp³-hybridized carbons (Fsp3) is 0.176. The average molecular weight is 342 g/mol. The Kier molecular flexibility index (Phi) is 3.79. The van der Waals surface area contributed by atoms with Crippen LogP contribution in [0.4, 0.5) is 11.4 Å². The molecule has 1 atom stereocenters. The Balaban J connectivity index is 1.48. The number of nitrogens with one attached hydrogen (secondary N) is 2. The summed E-state index contributed by atoms with van der Waals surface area (Å²) in [5.74, 6) is 0.434. The van der Waals surface area contributed by atoms with Crippen LogP contribution in [0, 0.1) is 0 Å². The van der Waals surface area contributed by atoms with E-state index in [9.17, 15) is 9.59 Å². The Morgan fingerprint density at radius 2 is 2.04 bits per heavy atom. The van der Waals surface area contributed by atoms with Gasteiger partial charge in [0.2, 0.25) is 11.8 Å². The second-order valence-electron chi connectivity index (χ2n) is 5.46. The van der Waals surface area contributed by atoms with E-state index in [1.54, 1.807) is 11.8 Å². The normalized spacial score (nSPS) is 18.8. The van der Waals surface area contributed by atoms with Crippen molar-refractivity contribution in [2.45, 2.75) is 21.5 Å². The summed E-state index contributed by atoms with van der Waals surface area (Å²) in [6.45, 7) is 0. The van der Waals surface area contributed by atoms with Gasteiger partial charge in [0.25, 0.3) is 0 Å². The van der Waals surface area contributed by atoms with Crippen molar-refractivity contribution in [3.8, 4) is 0 Å². The van der Waals surface area contributed by atoms with Crippen molar-refractivity contribution in [1.82, 2.24) is 0 Å². The van der Waals surface area contributed by atoms with E-state index in [0.717, 1.165) is 17.0 Å². The molecule has 4 nitrogen and oxygen atoms in total. The van der Waals surface area contributed by atoms with E-state index in [4.69, 9.17) is 0 Å². The minimum atomic E-state index is -0.104. The molecule has 116 valence electrons. The molecule has 0 saturated heterocycles. The molecular formula is C17H14N2O2S2. The summed E-state index contributed by atoms with van der Waals surface area (Å²) in [6.07, 6.45) is 0.754. The number of carbonyl (C=O) groups is 2. The Bertz CT molecular complexity index is 782. The largest absolute Gasteiger partial charge is 0.325 e. The first-order chi connectivity index (χ1) is 11.2. The lowest BCUT2D eigenvalue weighted by molar-refractivity contribution is -0.115. The minimum absolute atomic E-state index is 0.000869. The smallest absolute Gasteiger partial charge is 0.238 e. The molecule has 0 bridgehead atoms. The molecule has 2 heterocycles. The van der Waals surface area contributed by atoms with E-state index in [0.29, 0.717) is 11.4 Å². The van der Waals surface area contributed by atoms with Crippen LogP contribution in [-0.4, -0.2) is 22.8 Å². The van der Waals surface area contributed by atoms with Gasteiger partial charge in [-0.25, -0.2) is 0 Å². The van der Waals surface area contributed by atoms with Gasteiger partial charge in [0, 0.05) is 15.5 Å². The molecule has 0 aromatic heterocycles. The quantitative estimate of drug-likeness (QED) is 0.878. The first-order valence-corrected chi connectivity index (χ1v) is 9.18. The SMILES string of the molecule is O=C1CSc2ccc(NC(=O)C3Cc4ccccc4S3)cc2N1. The van der Waals surface area contributed by atoms with Gasteiger partial charge in [0.15, 0.2) is 0 Å². The zero-order valence-electron chi connectivity index (χ0n) is 12.2. The van der Waals surface area contributed by atoms with E-state index < -0.39 is 0 Å². The molecule has 2 aromatic carbocycles. The highest BCUT2D eigenvalue weighted by molar-refractivity contribution is 8.01. The lowest BCUT2D eigenvalue weighted by atomic mass is 10.1. The number of hydrogen-bond acceptors (Lipinski definition) is 4. The average Bonchev–Trinajstić information content (AvgIpc) is 2.98. The van der Waals surface area contributed by atoms with Crippen LogP contribution in [0.1, 0.15) is 5.56 Å². The monoisotopic (exact) mass is 342 g/mol. The number of hydrogen-bond donors (Lipinski definition) is 2. The molecule has 2 amide bonds. The van der Waals surface area contributed by atoms with E-state index in [-0.39, 0.29) is 17.1 Å². The lowest BCUT2D eigenvalue weighted by Gasteiger charge is -2.18. The molecule has 0 radical (unpaired) electrons. The molecule has 0 aliphatic carbocycles.